The van der Waals surface area contributed by atoms with Gasteiger partial charge >= 0.3 is 57.4 Å². The predicted molar refractivity (Wildman–Crippen MR) is 279 cm³/mol. The number of esters is 1. The van der Waals surface area contributed by atoms with Crippen LogP contribution < -0.4 is 56.5 Å². The molecule has 44 heteroatoms. The number of hydrogen-bond acceptors (Lipinski definition) is 43. The standard InChI is InChI=1S/C52H84O43.K/c53-3-11-37-21(63)29(71)45(80-11)89-38-12(4-54)82-47(31(73)23(38)65)91-40-14(6-56)84-49(33(75)25(40)67)93-42-16(8-58)86-51(35(77)27(42)69)95-44-18(10-79-20(62)2-1-19(60)61)87-52(36(78)28(44)70)94-43-17(9-59)85-50(34(76)26(43)68)92-41-15(7-57)83-48(32(74)24(41)66)90-39-13(5-55)81-46(88-37)30(72)22(39)64;/h11-18,21-59,63-78H,1-10H2,(H,60,61);/q;+1/p-1/t11-,12-,13-,14-,15-,16-,17-,18-,21-,22-,23-,24-,25-,26-,27-,28-,29-,30-,31-,32-,33-,34-,35-,36-,37-,38-,39-,40-,41-,42-,43-,44-,45-,46-,47-,48-,49-,50-,51-,52-;/m1./s1. The van der Waals surface area contributed by atoms with Gasteiger partial charge in [-0.1, -0.05) is 0 Å². The summed E-state index contributed by atoms with van der Waals surface area (Å²) < 4.78 is 96.7. The van der Waals surface area contributed by atoms with Gasteiger partial charge in [-0.15, -0.1) is 0 Å². The molecule has 96 heavy (non-hydrogen) atoms. The van der Waals surface area contributed by atoms with Crippen molar-refractivity contribution in [3.8, 4) is 0 Å². The normalized spacial score (nSPS) is 51.5. The summed E-state index contributed by atoms with van der Waals surface area (Å²) in [5, 5.41) is 268. The molecule has 0 aromatic rings. The van der Waals surface area contributed by atoms with Gasteiger partial charge in [0.15, 0.2) is 50.3 Å². The van der Waals surface area contributed by atoms with E-state index < -0.39 is 323 Å². The first-order valence-corrected chi connectivity index (χ1v) is 30.1. The Morgan fingerprint density at radius 2 is 0.406 bits per heavy atom. The molecule has 0 spiro atoms. The number of carbonyl (C=O) groups excluding carboxylic acids is 2. The maximum Gasteiger partial charge on any atom is 1.00 e. The number of carbonyl (C=O) groups is 2. The van der Waals surface area contributed by atoms with Crippen molar-refractivity contribution in [2.24, 2.45) is 0 Å². The minimum atomic E-state index is -2.38. The minimum Gasteiger partial charge on any atom is -0.550 e. The maximum atomic E-state index is 12.7. The topological polar surface area (TPSA) is 679 Å². The van der Waals surface area contributed by atoms with Crippen molar-refractivity contribution in [2.75, 3.05) is 52.9 Å². The zero-order chi connectivity index (χ0) is 69.3. The molecular formula is C52H83KO43. The van der Waals surface area contributed by atoms with Crippen LogP contribution in [0.5, 0.6) is 0 Å². The molecule has 0 amide bonds. The van der Waals surface area contributed by atoms with E-state index in [1.165, 1.54) is 0 Å². The van der Waals surface area contributed by atoms with Crippen molar-refractivity contribution in [1.29, 1.82) is 0 Å². The summed E-state index contributed by atoms with van der Waals surface area (Å²) in [6.07, 6.45) is -86.2. The molecule has 43 nitrogen and oxygen atoms in total. The summed E-state index contributed by atoms with van der Waals surface area (Å²) in [6, 6.07) is 0. The Morgan fingerprint density at radius 3 is 0.562 bits per heavy atom. The third kappa shape index (κ3) is 17.0. The smallest absolute Gasteiger partial charge is 0.550 e. The molecule has 550 valence electrons. The summed E-state index contributed by atoms with van der Waals surface area (Å²) in [5.74, 6) is -2.90. The number of hydrogen-bond donors (Lipinski definition) is 23. The molecule has 16 bridgehead atoms. The van der Waals surface area contributed by atoms with Crippen molar-refractivity contribution in [3.63, 3.8) is 0 Å². The summed E-state index contributed by atoms with van der Waals surface area (Å²) in [4.78, 5) is 23.8. The number of carboxylic acids is 1. The van der Waals surface area contributed by atoms with Gasteiger partial charge < -0.3 is 208 Å². The molecular weight excluding hydrogens is 1350 g/mol. The number of aliphatic carboxylic acids is 1. The molecule has 0 aromatic heterocycles. The summed E-state index contributed by atoms with van der Waals surface area (Å²) in [7, 11) is 0. The number of aliphatic hydroxyl groups is 23. The van der Waals surface area contributed by atoms with Crippen LogP contribution in [0.4, 0.5) is 0 Å². The summed E-state index contributed by atoms with van der Waals surface area (Å²) >= 11 is 0. The van der Waals surface area contributed by atoms with Crippen molar-refractivity contribution in [2.45, 2.75) is 258 Å². The van der Waals surface area contributed by atoms with Crippen LogP contribution in [0.25, 0.3) is 0 Å². The van der Waals surface area contributed by atoms with Crippen molar-refractivity contribution >= 4 is 11.9 Å². The first-order valence-electron chi connectivity index (χ1n) is 30.1. The van der Waals surface area contributed by atoms with E-state index in [0.717, 1.165) is 0 Å². The van der Waals surface area contributed by atoms with E-state index in [9.17, 15) is 132 Å². The molecule has 0 unspecified atom stereocenters. The van der Waals surface area contributed by atoms with Gasteiger partial charge in [0.05, 0.1) is 52.7 Å². The molecule has 30 aliphatic rings. The molecule has 30 aliphatic heterocycles. The summed E-state index contributed by atoms with van der Waals surface area (Å²) in [6.45, 7) is -8.90. The Balaban J connectivity index is 0.0000118. The van der Waals surface area contributed by atoms with Crippen LogP contribution in [0.3, 0.4) is 0 Å². The van der Waals surface area contributed by atoms with Gasteiger partial charge in [-0.3, -0.25) is 4.79 Å². The van der Waals surface area contributed by atoms with Crippen LogP contribution in [-0.2, 0) is 90.1 Å². The van der Waals surface area contributed by atoms with Crippen LogP contribution in [0.15, 0.2) is 0 Å². The predicted octanol–water partition coefficient (Wildman–Crippen LogP) is -21.3. The van der Waals surface area contributed by atoms with Crippen molar-refractivity contribution < 1.29 is 264 Å². The van der Waals surface area contributed by atoms with Crippen molar-refractivity contribution in [1.82, 2.24) is 0 Å². The molecule has 30 rings (SSSR count). The quantitative estimate of drug-likeness (QED) is 0.0637. The van der Waals surface area contributed by atoms with E-state index >= 15 is 0 Å². The minimum absolute atomic E-state index is 0. The fourth-order valence-electron chi connectivity index (χ4n) is 12.3. The Bertz CT molecular complexity index is 2400. The van der Waals surface area contributed by atoms with Gasteiger partial charge in [0.25, 0.3) is 0 Å². The van der Waals surface area contributed by atoms with E-state index in [2.05, 4.69) is 0 Å². The molecule has 0 radical (unpaired) electrons. The van der Waals surface area contributed by atoms with Crippen LogP contribution in [0.1, 0.15) is 12.8 Å². The number of ether oxygens (including phenoxy) is 17. The van der Waals surface area contributed by atoms with Gasteiger partial charge in [0.1, 0.15) is 202 Å². The zero-order valence-electron chi connectivity index (χ0n) is 50.6. The second-order valence-electron chi connectivity index (χ2n) is 23.8. The monoisotopic (exact) mass is 1430 g/mol. The third-order valence-corrected chi connectivity index (χ3v) is 17.7. The number of rotatable bonds is 12. The van der Waals surface area contributed by atoms with E-state index in [4.69, 9.17) is 80.5 Å². The molecule has 0 aromatic carbocycles. The molecule has 0 saturated carbocycles. The van der Waals surface area contributed by atoms with Crippen LogP contribution in [0.2, 0.25) is 0 Å². The fourth-order valence-corrected chi connectivity index (χ4v) is 12.3. The van der Waals surface area contributed by atoms with Gasteiger partial charge in [0.2, 0.25) is 0 Å². The van der Waals surface area contributed by atoms with E-state index in [-0.39, 0.29) is 51.4 Å². The first kappa shape index (κ1) is 80.7. The molecule has 30 fully saturated rings. The zero-order valence-corrected chi connectivity index (χ0v) is 53.7. The largest absolute Gasteiger partial charge is 1.00 e. The Kier molecular flexibility index (Phi) is 29.6. The molecule has 40 atom stereocenters. The molecule has 30 heterocycles. The van der Waals surface area contributed by atoms with Crippen LogP contribution in [0, 0.1) is 0 Å². The second-order valence-corrected chi connectivity index (χ2v) is 23.8. The Morgan fingerprint density at radius 1 is 0.250 bits per heavy atom. The maximum absolute atomic E-state index is 12.7. The van der Waals surface area contributed by atoms with Gasteiger partial charge in [-0.2, -0.15) is 0 Å². The van der Waals surface area contributed by atoms with Gasteiger partial charge in [0, 0.05) is 5.97 Å². The van der Waals surface area contributed by atoms with E-state index in [0.29, 0.717) is 0 Å². The van der Waals surface area contributed by atoms with Gasteiger partial charge in [-0.05, 0) is 6.42 Å². The van der Waals surface area contributed by atoms with Gasteiger partial charge in [-0.25, -0.2) is 0 Å². The first-order chi connectivity index (χ1) is 45.1. The van der Waals surface area contributed by atoms with Crippen molar-refractivity contribution in [3.05, 3.63) is 0 Å². The number of carboxylic acid groups (broad SMARTS) is 1. The molecule has 30 saturated heterocycles. The van der Waals surface area contributed by atoms with Crippen LogP contribution >= 0.6 is 0 Å². The Labute approximate surface area is 584 Å². The average Bonchev–Trinajstić information content (AvgIpc) is 0.780. The van der Waals surface area contributed by atoms with Crippen LogP contribution in [-0.4, -0.2) is 428 Å². The molecule has 23 N–H and O–H groups in total. The Hall–Kier alpha value is -0.984. The van der Waals surface area contributed by atoms with E-state index in [1.54, 1.807) is 0 Å². The average molecular weight is 1440 g/mol. The fraction of sp³-hybridized carbons (Fsp3) is 0.962. The van der Waals surface area contributed by atoms with E-state index in [1.807, 2.05) is 0 Å². The summed E-state index contributed by atoms with van der Waals surface area (Å²) in [5.41, 5.74) is 0. The number of aliphatic hydroxyl groups excluding tert-OH is 23. The SMILES string of the molecule is O=C([O-])CCC(=O)OC[C@H]1O[C@@H]2O[C@H]3[C@H](O)[C@@H](O)[C@@H](O[C@H]4[C@H](O)[C@@H](O)[C@@H](O[C@H]5[C@H](O)[C@@H](O)[C@@H](O[C@H]6[C@H](O)[C@@H](O)[C@@H](O[C@H]7[C@H](O)[C@@H](O)[C@@H](O[C@H]8[C@H](O)[C@@H](O)[C@@H](O[C@H]9[C@H](O)[C@@H](O)[C@@H](O[C@H]1[C@H](O)[C@H]2O)O[C@@H]9CO)O[C@@H]8CO)O[C@@H]7CO)O[C@@H]6CO)O[C@@H]5CO)O[C@@H]4CO)O[C@@H]3CO.[K+]. The third-order valence-electron chi connectivity index (χ3n) is 17.7. The second kappa shape index (κ2) is 35.2. The molecule has 0 aliphatic carbocycles.